The first kappa shape index (κ1) is 20.4. The number of ether oxygens (including phenoxy) is 2. The van der Waals surface area contributed by atoms with E-state index in [1.807, 2.05) is 0 Å². The SMILES string of the molecule is COc1cnc(C#Cc2ccc(F)c([C@]3(C)C[C@@H](C(F)(F)F)OC(N)=N3)c2)cn1. The van der Waals surface area contributed by atoms with E-state index >= 15 is 0 Å². The Hall–Kier alpha value is -3.35. The second kappa shape index (κ2) is 7.58. The van der Waals surface area contributed by atoms with Crippen molar-refractivity contribution in [2.45, 2.75) is 31.2 Å². The van der Waals surface area contributed by atoms with Crippen molar-refractivity contribution < 1.29 is 27.0 Å². The number of aromatic nitrogens is 2. The second-order valence-corrected chi connectivity index (χ2v) is 6.46. The highest BCUT2D eigenvalue weighted by Crippen LogP contribution is 2.40. The number of aliphatic imine (C=N–C) groups is 1. The summed E-state index contributed by atoms with van der Waals surface area (Å²) < 4.78 is 63.4. The zero-order chi connectivity index (χ0) is 21.2. The summed E-state index contributed by atoms with van der Waals surface area (Å²) in [6.07, 6.45) is -4.68. The monoisotopic (exact) mass is 408 g/mol. The molecule has 0 unspecified atom stereocenters. The van der Waals surface area contributed by atoms with Gasteiger partial charge in [0.15, 0.2) is 6.10 Å². The average molecular weight is 408 g/mol. The molecule has 1 aliphatic rings. The molecule has 1 aromatic heterocycles. The Morgan fingerprint density at radius 1 is 1.24 bits per heavy atom. The molecule has 2 N–H and O–H groups in total. The number of rotatable bonds is 2. The van der Waals surface area contributed by atoms with Crippen LogP contribution in [-0.4, -0.2) is 35.4 Å². The van der Waals surface area contributed by atoms with E-state index in [4.69, 9.17) is 10.5 Å². The predicted molar refractivity (Wildman–Crippen MR) is 95.5 cm³/mol. The molecule has 2 heterocycles. The fourth-order valence-electron chi connectivity index (χ4n) is 2.85. The summed E-state index contributed by atoms with van der Waals surface area (Å²) in [5, 5.41) is 0. The lowest BCUT2D eigenvalue weighted by atomic mass is 9.85. The van der Waals surface area contributed by atoms with E-state index in [1.165, 1.54) is 38.6 Å². The van der Waals surface area contributed by atoms with Gasteiger partial charge < -0.3 is 15.2 Å². The standard InChI is InChI=1S/C19H16F4N4O2/c1-18(8-15(19(21,22)23)29-17(24)27-18)13-7-11(4-6-14(13)20)3-5-12-9-26-16(28-2)10-25-12/h4,6-7,9-10,15H,8H2,1-2H3,(H2,24,27)/t15-,18-/m0/s1. The van der Waals surface area contributed by atoms with Gasteiger partial charge in [-0.05, 0) is 31.0 Å². The molecule has 6 nitrogen and oxygen atoms in total. The van der Waals surface area contributed by atoms with Gasteiger partial charge in [0.2, 0.25) is 5.88 Å². The normalized spacial score (nSPS) is 21.4. The van der Waals surface area contributed by atoms with Gasteiger partial charge in [-0.25, -0.2) is 19.4 Å². The molecule has 2 aromatic rings. The van der Waals surface area contributed by atoms with Crippen LogP contribution >= 0.6 is 0 Å². The fourth-order valence-corrected chi connectivity index (χ4v) is 2.85. The average Bonchev–Trinajstić information content (AvgIpc) is 2.66. The lowest BCUT2D eigenvalue weighted by Gasteiger charge is -2.35. The molecule has 0 saturated heterocycles. The topological polar surface area (TPSA) is 82.6 Å². The van der Waals surface area contributed by atoms with Crippen molar-refractivity contribution in [3.05, 3.63) is 53.2 Å². The summed E-state index contributed by atoms with van der Waals surface area (Å²) in [4.78, 5) is 11.9. The maximum atomic E-state index is 14.5. The van der Waals surface area contributed by atoms with E-state index in [0.29, 0.717) is 17.1 Å². The molecule has 1 aliphatic heterocycles. The van der Waals surface area contributed by atoms with E-state index in [2.05, 4.69) is 31.5 Å². The zero-order valence-corrected chi connectivity index (χ0v) is 15.4. The summed E-state index contributed by atoms with van der Waals surface area (Å²) in [6, 6.07) is 3.22. The minimum absolute atomic E-state index is 0.0642. The van der Waals surface area contributed by atoms with Gasteiger partial charge >= 0.3 is 6.18 Å². The van der Waals surface area contributed by atoms with Crippen molar-refractivity contribution >= 4 is 6.02 Å². The molecule has 10 heteroatoms. The molecule has 152 valence electrons. The van der Waals surface area contributed by atoms with E-state index < -0.39 is 36.1 Å². The zero-order valence-electron chi connectivity index (χ0n) is 15.4. The van der Waals surface area contributed by atoms with Crippen molar-refractivity contribution in [1.29, 1.82) is 0 Å². The summed E-state index contributed by atoms with van der Waals surface area (Å²) in [5.41, 5.74) is 4.51. The van der Waals surface area contributed by atoms with Gasteiger partial charge in [-0.1, -0.05) is 5.92 Å². The van der Waals surface area contributed by atoms with Gasteiger partial charge in [-0.3, -0.25) is 0 Å². The Morgan fingerprint density at radius 3 is 2.62 bits per heavy atom. The summed E-state index contributed by atoms with van der Waals surface area (Å²) >= 11 is 0. The van der Waals surface area contributed by atoms with Crippen molar-refractivity contribution in [2.24, 2.45) is 10.7 Å². The molecule has 0 aliphatic carbocycles. The number of nitrogens with zero attached hydrogens (tertiary/aromatic N) is 3. The van der Waals surface area contributed by atoms with Crippen LogP contribution in [0.25, 0.3) is 0 Å². The van der Waals surface area contributed by atoms with Crippen LogP contribution in [0.2, 0.25) is 0 Å². The molecule has 1 aromatic carbocycles. The lowest BCUT2D eigenvalue weighted by Crippen LogP contribution is -2.46. The maximum Gasteiger partial charge on any atom is 0.425 e. The Labute approximate surface area is 163 Å². The molecule has 0 saturated carbocycles. The van der Waals surface area contributed by atoms with Crippen molar-refractivity contribution in [3.63, 3.8) is 0 Å². The van der Waals surface area contributed by atoms with E-state index in [0.717, 1.165) is 6.07 Å². The highest BCUT2D eigenvalue weighted by Gasteiger charge is 2.50. The third-order valence-electron chi connectivity index (χ3n) is 4.29. The second-order valence-electron chi connectivity index (χ2n) is 6.46. The molecular weight excluding hydrogens is 392 g/mol. The molecule has 29 heavy (non-hydrogen) atoms. The summed E-state index contributed by atoms with van der Waals surface area (Å²) in [5.74, 6) is 5.13. The third kappa shape index (κ3) is 4.56. The number of halogens is 4. The van der Waals surface area contributed by atoms with Gasteiger partial charge in [0.25, 0.3) is 6.02 Å². The number of benzene rings is 1. The molecule has 0 radical (unpaired) electrons. The van der Waals surface area contributed by atoms with Crippen molar-refractivity contribution in [2.75, 3.05) is 7.11 Å². The number of hydrogen-bond donors (Lipinski definition) is 1. The number of alkyl halides is 3. The molecule has 3 rings (SSSR count). The van der Waals surface area contributed by atoms with Crippen LogP contribution in [-0.2, 0) is 10.3 Å². The Morgan fingerprint density at radius 2 is 2.00 bits per heavy atom. The Balaban J connectivity index is 1.95. The largest absolute Gasteiger partial charge is 0.480 e. The lowest BCUT2D eigenvalue weighted by molar-refractivity contribution is -0.208. The first-order valence-electron chi connectivity index (χ1n) is 8.37. The fraction of sp³-hybridized carbons (Fsp3) is 0.316. The number of nitrogens with two attached hydrogens (primary N) is 1. The van der Waals surface area contributed by atoms with Crippen LogP contribution < -0.4 is 10.5 Å². The van der Waals surface area contributed by atoms with Crippen LogP contribution in [0.1, 0.15) is 30.2 Å². The van der Waals surface area contributed by atoms with Crippen LogP contribution in [0.15, 0.2) is 35.6 Å². The van der Waals surface area contributed by atoms with E-state index in [1.54, 1.807) is 0 Å². The molecule has 0 spiro atoms. The molecule has 0 bridgehead atoms. The van der Waals surface area contributed by atoms with Gasteiger partial charge in [0.05, 0.1) is 25.0 Å². The quantitative estimate of drug-likeness (QED) is 0.610. The highest BCUT2D eigenvalue weighted by molar-refractivity contribution is 5.73. The summed E-state index contributed by atoms with van der Waals surface area (Å²) in [6.45, 7) is 1.37. The predicted octanol–water partition coefficient (Wildman–Crippen LogP) is 2.91. The van der Waals surface area contributed by atoms with E-state index in [9.17, 15) is 17.6 Å². The van der Waals surface area contributed by atoms with Crippen LogP contribution in [0.5, 0.6) is 5.88 Å². The van der Waals surface area contributed by atoms with Gasteiger partial charge in [0.1, 0.15) is 11.5 Å². The van der Waals surface area contributed by atoms with Crippen molar-refractivity contribution in [1.82, 2.24) is 9.97 Å². The van der Waals surface area contributed by atoms with E-state index in [-0.39, 0.29) is 5.56 Å². The Bertz CT molecular complexity index is 996. The van der Waals surface area contributed by atoms with Gasteiger partial charge in [0, 0.05) is 17.5 Å². The maximum absolute atomic E-state index is 14.5. The number of methoxy groups -OCH3 is 1. The molecule has 0 fully saturated rings. The number of amidine groups is 1. The van der Waals surface area contributed by atoms with Gasteiger partial charge in [-0.15, -0.1) is 0 Å². The third-order valence-corrected chi connectivity index (χ3v) is 4.29. The minimum atomic E-state index is -4.66. The Kier molecular flexibility index (Phi) is 5.33. The first-order chi connectivity index (χ1) is 13.6. The first-order valence-corrected chi connectivity index (χ1v) is 8.37. The highest BCUT2D eigenvalue weighted by atomic mass is 19.4. The van der Waals surface area contributed by atoms with Crippen LogP contribution in [0, 0.1) is 17.7 Å². The minimum Gasteiger partial charge on any atom is -0.480 e. The smallest absolute Gasteiger partial charge is 0.425 e. The van der Waals surface area contributed by atoms with Crippen LogP contribution in [0.4, 0.5) is 17.6 Å². The van der Waals surface area contributed by atoms with Crippen molar-refractivity contribution in [3.8, 4) is 17.7 Å². The van der Waals surface area contributed by atoms with Gasteiger partial charge in [-0.2, -0.15) is 13.2 Å². The molecule has 2 atom stereocenters. The van der Waals surface area contributed by atoms with Crippen LogP contribution in [0.3, 0.4) is 0 Å². The molecular formula is C19H16F4N4O2. The molecule has 0 amide bonds. The summed E-state index contributed by atoms with van der Waals surface area (Å²) in [7, 11) is 1.45. The number of hydrogen-bond acceptors (Lipinski definition) is 6.